The van der Waals surface area contributed by atoms with Gasteiger partial charge in [0, 0.05) is 86.6 Å². The number of benzene rings is 5. The predicted molar refractivity (Wildman–Crippen MR) is 351 cm³/mol. The Bertz CT molecular complexity index is 3570. The van der Waals surface area contributed by atoms with Crippen LogP contribution in [0.4, 0.5) is 17.6 Å². The second kappa shape index (κ2) is 36.9. The summed E-state index contributed by atoms with van der Waals surface area (Å²) in [7, 11) is 0. The molecule has 32 heteroatoms. The fraction of sp³-hybridized carbons (Fsp3) is 0.433. The van der Waals surface area contributed by atoms with Gasteiger partial charge in [0.2, 0.25) is 11.8 Å². The van der Waals surface area contributed by atoms with Crippen molar-refractivity contribution in [2.45, 2.75) is 112 Å². The first kappa shape index (κ1) is 78.4. The SMILES string of the molecule is CC(=O)N[C@H]1[C@H]([C@H](O)[C@H](O)CNC(=O)c2ccc(-c3c(F)cccc3F)cc2)O[C@@](OCCCSCCNC(=O)c2ccc(C(=O)CNCCSCCCO[C@]3(C(=O)O)C[C@H](O)[C@@H](NC(C)=O)[C@H]([C@H](O)[C@@H](O)CNC(=O)c4ccc(-c5c(F)cccc5F)cc4)O3)cc2)(C(=O)O)C[C@@H]1O. The van der Waals surface area contributed by atoms with Crippen LogP contribution < -0.4 is 31.9 Å². The van der Waals surface area contributed by atoms with E-state index in [-0.39, 0.29) is 83.9 Å². The quantitative estimate of drug-likeness (QED) is 0.0156. The first-order valence-electron chi connectivity index (χ1n) is 31.3. The number of halogens is 4. The molecule has 0 saturated carbocycles. The average molecular weight is 1430 g/mol. The van der Waals surface area contributed by atoms with E-state index in [0.717, 1.165) is 38.1 Å². The number of ketones is 1. The summed E-state index contributed by atoms with van der Waals surface area (Å²) in [6, 6.07) is 20.3. The van der Waals surface area contributed by atoms with Crippen LogP contribution in [0.15, 0.2) is 109 Å². The molecule has 0 aromatic heterocycles. The van der Waals surface area contributed by atoms with E-state index in [4.69, 9.17) is 18.9 Å². The standard InChI is InChI=1S/C67H78F4N6O20S2/c1-36(78)76-55-48(80)31-66(64(90)91,96-59(55)57(85)51(83)34-74-62(88)42-19-13-39(14-20-42)53-44(68)7-3-8-45(53)69)94-25-5-27-98-29-23-72-33-50(82)38-11-17-41(18-12-38)61(87)73-24-30-99-28-6-26-95-67(65(92)93)32-49(81)56(77-37(2)79)60(97-67)58(86)52(84)35-75-63(89)43-21-15-40(16-22-43)54-46(70)9-4-10-47(54)71/h3-4,7-22,48-49,51-52,55-60,72,80-81,83-86H,5-6,23-35H2,1-2H3,(H,73,87)(H,74,88)(H,75,89)(H,76,78)(H,77,79)(H,90,91)(H,92,93)/t48-,49-,51-,52+,55+,56+,57+,58+,59+,60+,66+,67+/m0/s1. The number of ether oxygens (including phenoxy) is 4. The summed E-state index contributed by atoms with van der Waals surface area (Å²) in [5.41, 5.74) is 0.379. The number of aliphatic hydroxyl groups excluding tert-OH is 6. The molecular formula is C67H78F4N6O20S2. The number of carbonyl (C=O) groups excluding carboxylic acids is 6. The fourth-order valence-corrected chi connectivity index (χ4v) is 12.5. The summed E-state index contributed by atoms with van der Waals surface area (Å²) in [6.45, 7) is 1.10. The number of Topliss-reactive ketones (excluding diaryl/α,β-unsaturated/α-hetero) is 1. The summed E-state index contributed by atoms with van der Waals surface area (Å²) >= 11 is 2.84. The second-order valence-electron chi connectivity index (χ2n) is 23.2. The van der Waals surface area contributed by atoms with Gasteiger partial charge in [0.05, 0.1) is 67.4 Å². The van der Waals surface area contributed by atoms with Crippen LogP contribution in [0.3, 0.4) is 0 Å². The van der Waals surface area contributed by atoms with Gasteiger partial charge in [-0.05, 0) is 96.1 Å². The Labute approximate surface area is 573 Å². The smallest absolute Gasteiger partial charge is 0.364 e. The Balaban J connectivity index is 0.769. The van der Waals surface area contributed by atoms with Crippen molar-refractivity contribution in [1.82, 2.24) is 31.9 Å². The molecule has 2 saturated heterocycles. The van der Waals surface area contributed by atoms with E-state index >= 15 is 0 Å². The number of thioether (sulfide) groups is 2. The number of rotatable bonds is 36. The van der Waals surface area contributed by atoms with Gasteiger partial charge in [0.25, 0.3) is 29.3 Å². The minimum atomic E-state index is -2.55. The Morgan fingerprint density at radius 3 is 1.24 bits per heavy atom. The zero-order chi connectivity index (χ0) is 72.1. The molecule has 2 heterocycles. The van der Waals surface area contributed by atoms with Crippen LogP contribution in [-0.4, -0.2) is 230 Å². The number of carboxylic acids is 2. The lowest BCUT2D eigenvalue weighted by Gasteiger charge is -2.46. The molecule has 5 aromatic carbocycles. The van der Waals surface area contributed by atoms with Crippen molar-refractivity contribution in [3.05, 3.63) is 155 Å². The molecule has 7 rings (SSSR count). The van der Waals surface area contributed by atoms with Crippen LogP contribution in [-0.2, 0) is 38.1 Å². The molecule has 2 fully saturated rings. The van der Waals surface area contributed by atoms with Gasteiger partial charge in [-0.3, -0.25) is 28.8 Å². The van der Waals surface area contributed by atoms with Crippen molar-refractivity contribution in [2.75, 3.05) is 68.9 Å². The Kier molecular flexibility index (Phi) is 29.2. The molecule has 2 aliphatic rings. The van der Waals surface area contributed by atoms with Gasteiger partial charge in [-0.2, -0.15) is 23.5 Å². The maximum atomic E-state index is 14.3. The highest BCUT2D eigenvalue weighted by Crippen LogP contribution is 2.36. The molecule has 26 nitrogen and oxygen atoms in total. The van der Waals surface area contributed by atoms with E-state index < -0.39 is 163 Å². The van der Waals surface area contributed by atoms with Gasteiger partial charge in [-0.25, -0.2) is 27.2 Å². The number of carboxylic acid groups (broad SMARTS) is 2. The molecule has 0 unspecified atom stereocenters. The van der Waals surface area contributed by atoms with Gasteiger partial charge in [0.1, 0.15) is 47.7 Å². The highest BCUT2D eigenvalue weighted by atomic mass is 32.2. The summed E-state index contributed by atoms with van der Waals surface area (Å²) < 4.78 is 80.3. The fourth-order valence-electron chi connectivity index (χ4n) is 10.9. The third kappa shape index (κ3) is 21.3. The van der Waals surface area contributed by atoms with Crippen molar-refractivity contribution in [3.63, 3.8) is 0 Å². The molecular weight excluding hydrogens is 1350 g/mol. The first-order valence-corrected chi connectivity index (χ1v) is 33.6. The van der Waals surface area contributed by atoms with Gasteiger partial charge >= 0.3 is 11.9 Å². The summed E-state index contributed by atoms with van der Waals surface area (Å²) in [5.74, 6) is -13.4. The second-order valence-corrected chi connectivity index (χ2v) is 25.7. The van der Waals surface area contributed by atoms with Crippen molar-refractivity contribution < 1.29 is 116 Å². The van der Waals surface area contributed by atoms with Gasteiger partial charge in [-0.15, -0.1) is 0 Å². The summed E-state index contributed by atoms with van der Waals surface area (Å²) in [4.78, 5) is 102. The maximum Gasteiger partial charge on any atom is 0.364 e. The van der Waals surface area contributed by atoms with Crippen molar-refractivity contribution in [3.8, 4) is 22.3 Å². The lowest BCUT2D eigenvalue weighted by Crippen LogP contribution is -2.68. The van der Waals surface area contributed by atoms with Crippen LogP contribution in [0, 0.1) is 23.3 Å². The van der Waals surface area contributed by atoms with E-state index in [1.807, 2.05) is 0 Å². The minimum absolute atomic E-state index is 0.0232. The zero-order valence-electron chi connectivity index (χ0n) is 53.6. The maximum absolute atomic E-state index is 14.3. The molecule has 0 spiro atoms. The molecule has 99 heavy (non-hydrogen) atoms. The number of aliphatic carboxylic acids is 2. The van der Waals surface area contributed by atoms with Crippen LogP contribution in [0.5, 0.6) is 0 Å². The number of nitrogens with one attached hydrogen (secondary N) is 6. The molecule has 0 aliphatic carbocycles. The Morgan fingerprint density at radius 1 is 0.515 bits per heavy atom. The number of hydrogen-bond acceptors (Lipinski definition) is 21. The predicted octanol–water partition coefficient (Wildman–Crippen LogP) is 2.53. The molecule has 12 atom stereocenters. The van der Waals surface area contributed by atoms with Crippen LogP contribution in [0.25, 0.3) is 22.3 Å². The molecule has 5 amide bonds. The van der Waals surface area contributed by atoms with Gasteiger partial charge in [-0.1, -0.05) is 48.5 Å². The van der Waals surface area contributed by atoms with E-state index in [2.05, 4.69) is 31.9 Å². The molecule has 0 radical (unpaired) electrons. The van der Waals surface area contributed by atoms with Crippen LogP contribution in [0.1, 0.15) is 81.0 Å². The number of hydrogen-bond donors (Lipinski definition) is 14. The zero-order valence-corrected chi connectivity index (χ0v) is 55.2. The first-order chi connectivity index (χ1) is 47.1. The molecule has 2 aliphatic heterocycles. The lowest BCUT2D eigenvalue weighted by molar-refractivity contribution is -0.310. The lowest BCUT2D eigenvalue weighted by atomic mass is 9.88. The Hall–Kier alpha value is -7.96. The molecule has 536 valence electrons. The number of amides is 5. The minimum Gasteiger partial charge on any atom is -0.477 e. The molecule has 14 N–H and O–H groups in total. The largest absolute Gasteiger partial charge is 0.477 e. The summed E-state index contributed by atoms with van der Waals surface area (Å²) in [5, 5.41) is 103. The number of carbonyl (C=O) groups is 8. The monoisotopic (exact) mass is 1430 g/mol. The normalized spacial score (nSPS) is 21.8. The van der Waals surface area contributed by atoms with Gasteiger partial charge in [0.15, 0.2) is 5.78 Å². The van der Waals surface area contributed by atoms with E-state index in [1.54, 1.807) is 0 Å². The third-order valence-electron chi connectivity index (χ3n) is 16.0. The molecule has 5 aromatic rings. The Morgan fingerprint density at radius 2 is 0.869 bits per heavy atom. The van der Waals surface area contributed by atoms with E-state index in [9.17, 15) is 96.8 Å². The highest BCUT2D eigenvalue weighted by Gasteiger charge is 2.57. The third-order valence-corrected chi connectivity index (χ3v) is 18.1. The van der Waals surface area contributed by atoms with Crippen LogP contribution >= 0.6 is 23.5 Å². The topological polar surface area (TPSA) is 408 Å². The van der Waals surface area contributed by atoms with Crippen molar-refractivity contribution in [1.29, 1.82) is 0 Å². The van der Waals surface area contributed by atoms with E-state index in [0.29, 0.717) is 35.1 Å². The summed E-state index contributed by atoms with van der Waals surface area (Å²) in [6.07, 6.45) is -15.5. The van der Waals surface area contributed by atoms with Crippen LogP contribution in [0.2, 0.25) is 0 Å². The van der Waals surface area contributed by atoms with Crippen molar-refractivity contribution in [2.24, 2.45) is 0 Å². The molecule has 0 bridgehead atoms. The highest BCUT2D eigenvalue weighted by molar-refractivity contribution is 7.99. The van der Waals surface area contributed by atoms with E-state index in [1.165, 1.54) is 108 Å². The van der Waals surface area contributed by atoms with Gasteiger partial charge < -0.3 is 91.7 Å². The number of aliphatic hydroxyl groups is 6. The van der Waals surface area contributed by atoms with Crippen molar-refractivity contribution >= 4 is 70.8 Å². The average Bonchev–Trinajstić information content (AvgIpc) is 0.675.